The fourth-order valence-corrected chi connectivity index (χ4v) is 2.87. The summed E-state index contributed by atoms with van der Waals surface area (Å²) in [6.07, 6.45) is 3.58. The molecule has 0 atom stereocenters. The van der Waals surface area contributed by atoms with E-state index in [9.17, 15) is 0 Å². The Labute approximate surface area is 127 Å². The second-order valence-electron chi connectivity index (χ2n) is 4.94. The first-order valence-corrected chi connectivity index (χ1v) is 7.53. The fourth-order valence-electron chi connectivity index (χ4n) is 2.04. The number of anilines is 1. The molecule has 3 aromatic rings. The Kier molecular flexibility index (Phi) is 3.79. The molecule has 0 aliphatic heterocycles. The number of methoxy groups -OCH3 is 1. The van der Waals surface area contributed by atoms with Crippen LogP contribution in [0.5, 0.6) is 5.75 Å². The van der Waals surface area contributed by atoms with E-state index >= 15 is 0 Å². The van der Waals surface area contributed by atoms with Crippen molar-refractivity contribution in [3.8, 4) is 5.75 Å². The fraction of sp³-hybridized carbons (Fsp3) is 0.333. The SMILES string of the molecule is COc1ccc2nc(CCc3cnc(N(C)C)s3)oc2c1. The quantitative estimate of drug-likeness (QED) is 0.725. The molecule has 0 fully saturated rings. The third-order valence-corrected chi connectivity index (χ3v) is 4.37. The number of aryl methyl sites for hydroxylation is 2. The number of hydrogen-bond acceptors (Lipinski definition) is 6. The summed E-state index contributed by atoms with van der Waals surface area (Å²) in [6.45, 7) is 0. The lowest BCUT2D eigenvalue weighted by atomic mass is 10.3. The van der Waals surface area contributed by atoms with Gasteiger partial charge in [0.25, 0.3) is 0 Å². The maximum Gasteiger partial charge on any atom is 0.195 e. The molecule has 0 amide bonds. The normalized spacial score (nSPS) is 11.0. The van der Waals surface area contributed by atoms with E-state index in [1.807, 2.05) is 43.4 Å². The van der Waals surface area contributed by atoms with Gasteiger partial charge in [-0.15, -0.1) is 11.3 Å². The zero-order valence-corrected chi connectivity index (χ0v) is 13.1. The number of rotatable bonds is 5. The second kappa shape index (κ2) is 5.73. The molecule has 2 heterocycles. The molecule has 0 N–H and O–H groups in total. The number of nitrogens with zero attached hydrogens (tertiary/aromatic N) is 3. The maximum atomic E-state index is 5.77. The van der Waals surface area contributed by atoms with Crippen molar-refractivity contribution in [2.75, 3.05) is 26.1 Å². The lowest BCUT2D eigenvalue weighted by Gasteiger charge is -2.05. The van der Waals surface area contributed by atoms with Crippen LogP contribution in [0.25, 0.3) is 11.1 Å². The largest absolute Gasteiger partial charge is 0.497 e. The molecule has 0 saturated heterocycles. The molecule has 3 rings (SSSR count). The molecule has 0 aliphatic carbocycles. The summed E-state index contributed by atoms with van der Waals surface area (Å²) in [6, 6.07) is 5.67. The standard InChI is InChI=1S/C15H17N3O2S/c1-18(2)15-16-9-11(21-15)5-7-14-17-12-6-4-10(19-3)8-13(12)20-14/h4,6,8-9H,5,7H2,1-3H3. The van der Waals surface area contributed by atoms with E-state index in [4.69, 9.17) is 9.15 Å². The average molecular weight is 303 g/mol. The van der Waals surface area contributed by atoms with Gasteiger partial charge >= 0.3 is 0 Å². The second-order valence-corrected chi connectivity index (χ2v) is 6.04. The van der Waals surface area contributed by atoms with Crippen LogP contribution in [0.4, 0.5) is 5.13 Å². The van der Waals surface area contributed by atoms with Gasteiger partial charge in [0.15, 0.2) is 16.6 Å². The molecule has 6 heteroatoms. The number of hydrogen-bond donors (Lipinski definition) is 0. The van der Waals surface area contributed by atoms with Gasteiger partial charge in [0, 0.05) is 37.7 Å². The van der Waals surface area contributed by atoms with Gasteiger partial charge < -0.3 is 14.1 Å². The van der Waals surface area contributed by atoms with Crippen molar-refractivity contribution < 1.29 is 9.15 Å². The molecule has 0 spiro atoms. The number of oxazole rings is 1. The van der Waals surface area contributed by atoms with Gasteiger partial charge in [0.05, 0.1) is 7.11 Å². The Morgan fingerprint density at radius 1 is 1.29 bits per heavy atom. The molecule has 0 aliphatic rings. The van der Waals surface area contributed by atoms with Gasteiger partial charge in [0.2, 0.25) is 0 Å². The highest BCUT2D eigenvalue weighted by Crippen LogP contribution is 2.24. The van der Waals surface area contributed by atoms with Crippen LogP contribution in [0, 0.1) is 0 Å². The van der Waals surface area contributed by atoms with E-state index in [2.05, 4.69) is 9.97 Å². The van der Waals surface area contributed by atoms with E-state index in [1.54, 1.807) is 18.4 Å². The maximum absolute atomic E-state index is 5.77. The Bertz CT molecular complexity index is 748. The molecule has 21 heavy (non-hydrogen) atoms. The van der Waals surface area contributed by atoms with Crippen molar-refractivity contribution in [3.63, 3.8) is 0 Å². The third kappa shape index (κ3) is 3.00. The topological polar surface area (TPSA) is 51.4 Å². The van der Waals surface area contributed by atoms with Crippen molar-refractivity contribution in [1.29, 1.82) is 0 Å². The molecule has 5 nitrogen and oxygen atoms in total. The van der Waals surface area contributed by atoms with Crippen LogP contribution in [-0.2, 0) is 12.8 Å². The highest BCUT2D eigenvalue weighted by atomic mass is 32.1. The van der Waals surface area contributed by atoms with Crippen molar-refractivity contribution >= 4 is 27.6 Å². The zero-order chi connectivity index (χ0) is 14.8. The van der Waals surface area contributed by atoms with Gasteiger partial charge in [-0.1, -0.05) is 0 Å². The molecule has 110 valence electrons. The molecule has 0 saturated carbocycles. The minimum absolute atomic E-state index is 0.748. The van der Waals surface area contributed by atoms with Crippen LogP contribution < -0.4 is 9.64 Å². The van der Waals surface area contributed by atoms with Gasteiger partial charge in [0.1, 0.15) is 11.3 Å². The molecule has 2 aromatic heterocycles. The molecular weight excluding hydrogens is 286 g/mol. The first-order valence-electron chi connectivity index (χ1n) is 6.71. The van der Waals surface area contributed by atoms with Crippen molar-refractivity contribution in [1.82, 2.24) is 9.97 Å². The van der Waals surface area contributed by atoms with E-state index in [-0.39, 0.29) is 0 Å². The highest BCUT2D eigenvalue weighted by molar-refractivity contribution is 7.15. The highest BCUT2D eigenvalue weighted by Gasteiger charge is 2.09. The van der Waals surface area contributed by atoms with Crippen LogP contribution in [0.15, 0.2) is 28.8 Å². The Balaban J connectivity index is 1.72. The van der Waals surface area contributed by atoms with Crippen molar-refractivity contribution in [3.05, 3.63) is 35.2 Å². The number of ether oxygens (including phenoxy) is 1. The summed E-state index contributed by atoms with van der Waals surface area (Å²) in [5, 5.41) is 1.02. The lowest BCUT2D eigenvalue weighted by Crippen LogP contribution is -2.07. The molecule has 0 radical (unpaired) electrons. The average Bonchev–Trinajstić information content (AvgIpc) is 3.10. The Morgan fingerprint density at radius 2 is 2.14 bits per heavy atom. The molecule has 0 bridgehead atoms. The number of thiazole rings is 1. The summed E-state index contributed by atoms with van der Waals surface area (Å²) in [7, 11) is 5.64. The van der Waals surface area contributed by atoms with E-state index in [0.29, 0.717) is 0 Å². The number of aromatic nitrogens is 2. The summed E-state index contributed by atoms with van der Waals surface area (Å²) in [5.74, 6) is 1.53. The molecule has 0 unspecified atom stereocenters. The summed E-state index contributed by atoms with van der Waals surface area (Å²) in [4.78, 5) is 12.1. The van der Waals surface area contributed by atoms with E-state index < -0.39 is 0 Å². The predicted octanol–water partition coefficient (Wildman–Crippen LogP) is 3.14. The van der Waals surface area contributed by atoms with Gasteiger partial charge in [-0.3, -0.25) is 0 Å². The lowest BCUT2D eigenvalue weighted by molar-refractivity contribution is 0.414. The first-order chi connectivity index (χ1) is 10.2. The molecular formula is C15H17N3O2S. The van der Waals surface area contributed by atoms with E-state index in [0.717, 1.165) is 40.7 Å². The van der Waals surface area contributed by atoms with Crippen molar-refractivity contribution in [2.24, 2.45) is 0 Å². The third-order valence-electron chi connectivity index (χ3n) is 3.15. The van der Waals surface area contributed by atoms with E-state index in [1.165, 1.54) is 4.88 Å². The minimum Gasteiger partial charge on any atom is -0.497 e. The summed E-state index contributed by atoms with van der Waals surface area (Å²) >= 11 is 1.70. The Morgan fingerprint density at radius 3 is 2.86 bits per heavy atom. The van der Waals surface area contributed by atoms with Crippen LogP contribution in [-0.4, -0.2) is 31.2 Å². The monoisotopic (exact) mass is 303 g/mol. The predicted molar refractivity (Wildman–Crippen MR) is 84.4 cm³/mol. The van der Waals surface area contributed by atoms with Gasteiger partial charge in [-0.2, -0.15) is 0 Å². The minimum atomic E-state index is 0.748. The van der Waals surface area contributed by atoms with Crippen LogP contribution >= 0.6 is 11.3 Å². The van der Waals surface area contributed by atoms with Crippen LogP contribution in [0.1, 0.15) is 10.8 Å². The summed E-state index contributed by atoms with van der Waals surface area (Å²) < 4.78 is 11.0. The van der Waals surface area contributed by atoms with Gasteiger partial charge in [-0.25, -0.2) is 9.97 Å². The number of benzene rings is 1. The Hall–Kier alpha value is -2.08. The van der Waals surface area contributed by atoms with Gasteiger partial charge in [-0.05, 0) is 18.6 Å². The first kappa shape index (κ1) is 13.9. The van der Waals surface area contributed by atoms with Crippen LogP contribution in [0.2, 0.25) is 0 Å². The van der Waals surface area contributed by atoms with Crippen molar-refractivity contribution in [2.45, 2.75) is 12.8 Å². The summed E-state index contributed by atoms with van der Waals surface area (Å²) in [5.41, 5.74) is 1.63. The zero-order valence-electron chi connectivity index (χ0n) is 12.3. The number of fused-ring (bicyclic) bond motifs is 1. The smallest absolute Gasteiger partial charge is 0.195 e. The molecule has 1 aromatic carbocycles. The van der Waals surface area contributed by atoms with Crippen LogP contribution in [0.3, 0.4) is 0 Å².